The normalized spacial score (nSPS) is 26.4. The van der Waals surface area contributed by atoms with Crippen molar-refractivity contribution >= 4 is 17.3 Å². The first-order valence-electron chi connectivity index (χ1n) is 7.65. The van der Waals surface area contributed by atoms with Crippen LogP contribution >= 0.6 is 11.3 Å². The van der Waals surface area contributed by atoms with Gasteiger partial charge in [0.1, 0.15) is 17.0 Å². The van der Waals surface area contributed by atoms with Crippen LogP contribution in [0.1, 0.15) is 47.4 Å². The number of carbonyl (C=O) groups excluding carboxylic acids is 1. The molecule has 0 spiro atoms. The second-order valence-electron chi connectivity index (χ2n) is 5.68. The zero-order chi connectivity index (χ0) is 14.8. The Morgan fingerprint density at radius 2 is 2.43 bits per heavy atom. The fraction of sp³-hybridized carbons (Fsp3) is 0.733. The topological polar surface area (TPSA) is 51.7 Å². The van der Waals surface area contributed by atoms with Gasteiger partial charge in [-0.3, -0.25) is 4.79 Å². The Kier molecular flexibility index (Phi) is 4.57. The number of aromatic nitrogens is 1. The van der Waals surface area contributed by atoms with E-state index in [0.29, 0.717) is 6.61 Å². The first-order chi connectivity index (χ1) is 10.2. The van der Waals surface area contributed by atoms with Gasteiger partial charge in [0.05, 0.1) is 18.9 Å². The van der Waals surface area contributed by atoms with Crippen LogP contribution in [0.25, 0.3) is 0 Å². The van der Waals surface area contributed by atoms with E-state index in [1.165, 1.54) is 4.88 Å². The summed E-state index contributed by atoms with van der Waals surface area (Å²) in [6.45, 7) is 4.86. The minimum atomic E-state index is -0.181. The van der Waals surface area contributed by atoms with Gasteiger partial charge < -0.3 is 14.4 Å². The van der Waals surface area contributed by atoms with E-state index < -0.39 is 0 Å². The predicted octanol–water partition coefficient (Wildman–Crippen LogP) is 2.13. The summed E-state index contributed by atoms with van der Waals surface area (Å²) in [6, 6.07) is 0. The number of carbonyl (C=O) groups is 1. The molecule has 5 nitrogen and oxygen atoms in total. The molecule has 1 aromatic heterocycles. The standard InChI is InChI=1S/C15H22N2O3S/c1-3-19-15(18)10-5-4-6-12-13(10)16-14(21-12)11-9-17(2)7-8-20-11/h10-11H,3-9H2,1-2H3. The number of morpholine rings is 1. The Morgan fingerprint density at radius 1 is 1.57 bits per heavy atom. The molecule has 2 atom stereocenters. The summed E-state index contributed by atoms with van der Waals surface area (Å²) in [5.41, 5.74) is 0.941. The smallest absolute Gasteiger partial charge is 0.315 e. The third-order valence-corrected chi connectivity index (χ3v) is 5.31. The van der Waals surface area contributed by atoms with Gasteiger partial charge in [-0.15, -0.1) is 11.3 Å². The van der Waals surface area contributed by atoms with Crippen molar-refractivity contribution in [3.8, 4) is 0 Å². The molecule has 2 aliphatic rings. The minimum Gasteiger partial charge on any atom is -0.465 e. The largest absolute Gasteiger partial charge is 0.465 e. The summed E-state index contributed by atoms with van der Waals surface area (Å²) in [6.07, 6.45) is 2.94. The summed E-state index contributed by atoms with van der Waals surface area (Å²) in [7, 11) is 2.10. The molecule has 21 heavy (non-hydrogen) atoms. The van der Waals surface area contributed by atoms with Gasteiger partial charge in [0, 0.05) is 18.0 Å². The summed E-state index contributed by atoms with van der Waals surface area (Å²) < 4.78 is 11.0. The molecule has 1 saturated heterocycles. The fourth-order valence-corrected chi connectivity index (χ4v) is 4.18. The van der Waals surface area contributed by atoms with E-state index in [2.05, 4.69) is 11.9 Å². The zero-order valence-electron chi connectivity index (χ0n) is 12.6. The highest BCUT2D eigenvalue weighted by molar-refractivity contribution is 7.11. The highest BCUT2D eigenvalue weighted by atomic mass is 32.1. The Labute approximate surface area is 129 Å². The van der Waals surface area contributed by atoms with Gasteiger partial charge in [-0.25, -0.2) is 4.98 Å². The van der Waals surface area contributed by atoms with Crippen molar-refractivity contribution in [2.24, 2.45) is 0 Å². The summed E-state index contributed by atoms with van der Waals surface area (Å²) in [5.74, 6) is -0.308. The third-order valence-electron chi connectivity index (χ3n) is 4.09. The van der Waals surface area contributed by atoms with Crippen LogP contribution in [0.3, 0.4) is 0 Å². The van der Waals surface area contributed by atoms with Crippen molar-refractivity contribution in [1.82, 2.24) is 9.88 Å². The number of esters is 1. The summed E-state index contributed by atoms with van der Waals surface area (Å²) >= 11 is 1.71. The summed E-state index contributed by atoms with van der Waals surface area (Å²) in [5, 5.41) is 1.02. The molecular formula is C15H22N2O3S. The van der Waals surface area contributed by atoms with Crippen molar-refractivity contribution in [3.63, 3.8) is 0 Å². The van der Waals surface area contributed by atoms with Crippen LogP contribution < -0.4 is 0 Å². The van der Waals surface area contributed by atoms with Gasteiger partial charge in [0.2, 0.25) is 0 Å². The van der Waals surface area contributed by atoms with Crippen molar-refractivity contribution in [2.45, 2.75) is 38.2 Å². The number of ether oxygens (including phenoxy) is 2. The maximum Gasteiger partial charge on any atom is 0.315 e. The lowest BCUT2D eigenvalue weighted by Gasteiger charge is -2.28. The van der Waals surface area contributed by atoms with Gasteiger partial charge in [-0.05, 0) is 33.2 Å². The Hall–Kier alpha value is -0.980. The molecule has 0 saturated carbocycles. The molecule has 0 amide bonds. The van der Waals surface area contributed by atoms with Crippen LogP contribution in [0.15, 0.2) is 0 Å². The molecule has 116 valence electrons. The molecule has 2 unspecified atom stereocenters. The summed E-state index contributed by atoms with van der Waals surface area (Å²) in [4.78, 5) is 20.4. The third kappa shape index (κ3) is 3.12. The number of nitrogens with zero attached hydrogens (tertiary/aromatic N) is 2. The van der Waals surface area contributed by atoms with Crippen LogP contribution in [0.2, 0.25) is 0 Å². The maximum absolute atomic E-state index is 12.1. The van der Waals surface area contributed by atoms with E-state index >= 15 is 0 Å². The lowest BCUT2D eigenvalue weighted by molar-refractivity contribution is -0.145. The molecule has 6 heteroatoms. The van der Waals surface area contributed by atoms with E-state index in [4.69, 9.17) is 14.5 Å². The van der Waals surface area contributed by atoms with E-state index in [0.717, 1.165) is 49.7 Å². The Bertz CT molecular complexity index is 517. The highest BCUT2D eigenvalue weighted by Crippen LogP contribution is 2.38. The van der Waals surface area contributed by atoms with Gasteiger partial charge in [-0.2, -0.15) is 0 Å². The minimum absolute atomic E-state index is 0.0437. The van der Waals surface area contributed by atoms with Crippen LogP contribution in [0.4, 0.5) is 0 Å². The van der Waals surface area contributed by atoms with Crippen LogP contribution in [-0.2, 0) is 20.7 Å². The SMILES string of the molecule is CCOC(=O)C1CCCc2sc(C3CN(C)CCO3)nc21. The predicted molar refractivity (Wildman–Crippen MR) is 80.6 cm³/mol. The molecule has 0 aromatic carbocycles. The molecule has 1 aromatic rings. The lowest BCUT2D eigenvalue weighted by atomic mass is 9.91. The first kappa shape index (κ1) is 14.9. The van der Waals surface area contributed by atoms with Crippen molar-refractivity contribution < 1.29 is 14.3 Å². The van der Waals surface area contributed by atoms with Crippen LogP contribution in [0, 0.1) is 0 Å². The van der Waals surface area contributed by atoms with E-state index in [-0.39, 0.29) is 18.0 Å². The Balaban J connectivity index is 1.82. The van der Waals surface area contributed by atoms with Gasteiger partial charge >= 0.3 is 5.97 Å². The maximum atomic E-state index is 12.1. The molecule has 1 aliphatic carbocycles. The van der Waals surface area contributed by atoms with E-state index in [1.807, 2.05) is 6.92 Å². The number of hydrogen-bond acceptors (Lipinski definition) is 6. The number of aryl methyl sites for hydroxylation is 1. The highest BCUT2D eigenvalue weighted by Gasteiger charge is 2.33. The molecule has 0 bridgehead atoms. The number of rotatable bonds is 3. The molecule has 1 aliphatic heterocycles. The average Bonchev–Trinajstić information content (AvgIpc) is 2.91. The number of fused-ring (bicyclic) bond motifs is 1. The molecule has 1 fully saturated rings. The molecular weight excluding hydrogens is 288 g/mol. The Morgan fingerprint density at radius 3 is 3.19 bits per heavy atom. The molecule has 2 heterocycles. The molecule has 3 rings (SSSR count). The van der Waals surface area contributed by atoms with Gasteiger partial charge in [0.15, 0.2) is 0 Å². The van der Waals surface area contributed by atoms with Crippen molar-refractivity contribution in [2.75, 3.05) is 33.4 Å². The first-order valence-corrected chi connectivity index (χ1v) is 8.47. The lowest BCUT2D eigenvalue weighted by Crippen LogP contribution is -2.35. The molecule has 0 N–H and O–H groups in total. The van der Waals surface area contributed by atoms with E-state index in [1.54, 1.807) is 11.3 Å². The second-order valence-corrected chi connectivity index (χ2v) is 6.79. The quantitative estimate of drug-likeness (QED) is 0.801. The zero-order valence-corrected chi connectivity index (χ0v) is 13.4. The number of likely N-dealkylation sites (N-methyl/N-ethyl adjacent to an activating group) is 1. The van der Waals surface area contributed by atoms with Crippen LogP contribution in [-0.4, -0.2) is 49.2 Å². The van der Waals surface area contributed by atoms with E-state index in [9.17, 15) is 4.79 Å². The van der Waals surface area contributed by atoms with Gasteiger partial charge in [-0.1, -0.05) is 0 Å². The number of thiazole rings is 1. The molecule has 0 radical (unpaired) electrons. The monoisotopic (exact) mass is 310 g/mol. The van der Waals surface area contributed by atoms with Crippen LogP contribution in [0.5, 0.6) is 0 Å². The second kappa shape index (κ2) is 6.42. The van der Waals surface area contributed by atoms with Crippen molar-refractivity contribution in [1.29, 1.82) is 0 Å². The fourth-order valence-electron chi connectivity index (χ4n) is 2.97. The average molecular weight is 310 g/mol. The number of hydrogen-bond donors (Lipinski definition) is 0. The van der Waals surface area contributed by atoms with Crippen molar-refractivity contribution in [3.05, 3.63) is 15.6 Å². The van der Waals surface area contributed by atoms with Gasteiger partial charge in [0.25, 0.3) is 0 Å².